The fraction of sp³-hybridized carbons (Fsp3) is 0.174. The summed E-state index contributed by atoms with van der Waals surface area (Å²) in [5, 5.41) is 3.36. The van der Waals surface area contributed by atoms with Crippen molar-refractivity contribution in [3.05, 3.63) is 79.1 Å². The number of rotatable bonds is 5. The summed E-state index contributed by atoms with van der Waals surface area (Å²) in [6.07, 6.45) is 4.61. The van der Waals surface area contributed by atoms with Gasteiger partial charge in [-0.15, -0.1) is 0 Å². The van der Waals surface area contributed by atoms with Crippen LogP contribution in [-0.4, -0.2) is 24.1 Å². The minimum Gasteiger partial charge on any atom is -0.397 e. The lowest BCUT2D eigenvalue weighted by molar-refractivity contribution is 0.752. The second kappa shape index (κ2) is 7.74. The zero-order chi connectivity index (χ0) is 19.5. The molecule has 1 aliphatic heterocycles. The molecular formula is C23H25N5. The van der Waals surface area contributed by atoms with Crippen LogP contribution in [0, 0.1) is 0 Å². The molecule has 0 unspecified atom stereocenters. The first-order valence-electron chi connectivity index (χ1n) is 9.47. The lowest BCUT2D eigenvalue weighted by Crippen LogP contribution is -2.26. The first-order valence-corrected chi connectivity index (χ1v) is 9.47. The number of nitrogens with two attached hydrogens (primary N) is 2. The quantitative estimate of drug-likeness (QED) is 0.592. The highest BCUT2D eigenvalue weighted by atomic mass is 15.2. The van der Waals surface area contributed by atoms with Gasteiger partial charge in [-0.3, -0.25) is 4.98 Å². The molecule has 0 bridgehead atoms. The van der Waals surface area contributed by atoms with Gasteiger partial charge in [-0.05, 0) is 59.5 Å². The van der Waals surface area contributed by atoms with Gasteiger partial charge in [0.1, 0.15) is 0 Å². The van der Waals surface area contributed by atoms with Crippen LogP contribution in [0.25, 0.3) is 16.8 Å². The highest BCUT2D eigenvalue weighted by molar-refractivity contribution is 5.84. The van der Waals surface area contributed by atoms with Gasteiger partial charge in [-0.25, -0.2) is 0 Å². The van der Waals surface area contributed by atoms with E-state index >= 15 is 0 Å². The largest absolute Gasteiger partial charge is 0.397 e. The molecule has 1 atom stereocenters. The van der Waals surface area contributed by atoms with E-state index in [2.05, 4.69) is 46.0 Å². The maximum atomic E-state index is 6.18. The Bertz CT molecular complexity index is 966. The molecule has 1 aliphatic rings. The fourth-order valence-electron chi connectivity index (χ4n) is 3.52. The average Bonchev–Trinajstić information content (AvgIpc) is 3.17. The summed E-state index contributed by atoms with van der Waals surface area (Å²) in [4.78, 5) is 6.39. The van der Waals surface area contributed by atoms with Gasteiger partial charge in [0.25, 0.3) is 0 Å². The SMILES string of the molecule is C=C(Nc1cc(-c2ccncc2)ccc1N)c1ccc(N2CC[C@H](N)C2)cc1. The molecular weight excluding hydrogens is 346 g/mol. The van der Waals surface area contributed by atoms with E-state index in [0.717, 1.165) is 47.6 Å². The normalized spacial score (nSPS) is 16.2. The molecule has 1 fully saturated rings. The number of pyridine rings is 1. The van der Waals surface area contributed by atoms with E-state index in [1.807, 2.05) is 30.3 Å². The molecule has 0 saturated carbocycles. The van der Waals surface area contributed by atoms with Crippen LogP contribution in [0.2, 0.25) is 0 Å². The summed E-state index contributed by atoms with van der Waals surface area (Å²) in [5.41, 5.74) is 18.9. The van der Waals surface area contributed by atoms with Crippen LogP contribution in [0.5, 0.6) is 0 Å². The summed E-state index contributed by atoms with van der Waals surface area (Å²) < 4.78 is 0. The summed E-state index contributed by atoms with van der Waals surface area (Å²) in [7, 11) is 0. The molecule has 0 spiro atoms. The van der Waals surface area contributed by atoms with Crippen LogP contribution in [0.1, 0.15) is 12.0 Å². The topological polar surface area (TPSA) is 80.2 Å². The average molecular weight is 371 g/mol. The van der Waals surface area contributed by atoms with Gasteiger partial charge in [0.15, 0.2) is 0 Å². The number of benzene rings is 2. The summed E-state index contributed by atoms with van der Waals surface area (Å²) in [6, 6.07) is 18.6. The fourth-order valence-corrected chi connectivity index (χ4v) is 3.52. The second-order valence-corrected chi connectivity index (χ2v) is 7.18. The van der Waals surface area contributed by atoms with Crippen LogP contribution in [0.15, 0.2) is 73.6 Å². The smallest absolute Gasteiger partial charge is 0.0624 e. The van der Waals surface area contributed by atoms with Crippen LogP contribution in [0.3, 0.4) is 0 Å². The van der Waals surface area contributed by atoms with Crippen LogP contribution < -0.4 is 21.7 Å². The Labute approximate surface area is 165 Å². The number of anilines is 3. The Morgan fingerprint density at radius 3 is 2.46 bits per heavy atom. The summed E-state index contributed by atoms with van der Waals surface area (Å²) >= 11 is 0. The third-order valence-electron chi connectivity index (χ3n) is 5.16. The molecule has 5 heteroatoms. The van der Waals surface area contributed by atoms with Gasteiger partial charge in [0.05, 0.1) is 11.4 Å². The van der Waals surface area contributed by atoms with Gasteiger partial charge in [0, 0.05) is 42.9 Å². The van der Waals surface area contributed by atoms with Gasteiger partial charge in [-0.1, -0.05) is 24.8 Å². The molecule has 0 amide bonds. The van der Waals surface area contributed by atoms with E-state index in [4.69, 9.17) is 11.5 Å². The van der Waals surface area contributed by atoms with Crippen LogP contribution in [0.4, 0.5) is 17.1 Å². The highest BCUT2D eigenvalue weighted by Crippen LogP contribution is 2.30. The number of hydrogen-bond donors (Lipinski definition) is 3. The van der Waals surface area contributed by atoms with Gasteiger partial charge < -0.3 is 21.7 Å². The Hall–Kier alpha value is -3.31. The first-order chi connectivity index (χ1) is 13.6. The zero-order valence-corrected chi connectivity index (χ0v) is 15.8. The minimum absolute atomic E-state index is 0.270. The molecule has 4 rings (SSSR count). The van der Waals surface area contributed by atoms with E-state index in [0.29, 0.717) is 5.69 Å². The lowest BCUT2D eigenvalue weighted by atomic mass is 10.1. The standard InChI is InChI=1S/C23H25N5/c1-16(17-2-5-21(6-3-17)28-13-10-20(24)15-28)27-23-14-19(4-7-22(23)25)18-8-11-26-12-9-18/h2-9,11-12,14,20,27H,1,10,13,15,24-25H2/t20-/m0/s1. The first kappa shape index (κ1) is 18.1. The van der Waals surface area contributed by atoms with E-state index in [-0.39, 0.29) is 6.04 Å². The number of aromatic nitrogens is 1. The molecule has 5 N–H and O–H groups in total. The van der Waals surface area contributed by atoms with Crippen molar-refractivity contribution in [3.8, 4) is 11.1 Å². The molecule has 1 saturated heterocycles. The van der Waals surface area contributed by atoms with Crippen molar-refractivity contribution >= 4 is 22.8 Å². The van der Waals surface area contributed by atoms with Crippen molar-refractivity contribution in [2.75, 3.05) is 29.0 Å². The van der Waals surface area contributed by atoms with Gasteiger partial charge in [-0.2, -0.15) is 0 Å². The maximum absolute atomic E-state index is 6.18. The molecule has 3 aromatic rings. The van der Waals surface area contributed by atoms with Crippen LogP contribution >= 0.6 is 0 Å². The molecule has 1 aromatic heterocycles. The van der Waals surface area contributed by atoms with Gasteiger partial charge in [0.2, 0.25) is 0 Å². The van der Waals surface area contributed by atoms with Gasteiger partial charge >= 0.3 is 0 Å². The Kier molecular flexibility index (Phi) is 5.00. The number of nitrogens with one attached hydrogen (secondary N) is 1. The maximum Gasteiger partial charge on any atom is 0.0624 e. The highest BCUT2D eigenvalue weighted by Gasteiger charge is 2.19. The van der Waals surface area contributed by atoms with Crippen molar-refractivity contribution in [2.45, 2.75) is 12.5 Å². The van der Waals surface area contributed by atoms with E-state index in [1.54, 1.807) is 12.4 Å². The van der Waals surface area contributed by atoms with Crippen molar-refractivity contribution in [1.29, 1.82) is 0 Å². The zero-order valence-electron chi connectivity index (χ0n) is 15.8. The number of hydrogen-bond acceptors (Lipinski definition) is 5. The predicted molar refractivity (Wildman–Crippen MR) is 118 cm³/mol. The van der Waals surface area contributed by atoms with Crippen molar-refractivity contribution in [3.63, 3.8) is 0 Å². The molecule has 28 heavy (non-hydrogen) atoms. The Morgan fingerprint density at radius 1 is 1.04 bits per heavy atom. The molecule has 2 heterocycles. The lowest BCUT2D eigenvalue weighted by Gasteiger charge is -2.19. The molecule has 142 valence electrons. The third-order valence-corrected chi connectivity index (χ3v) is 5.16. The van der Waals surface area contributed by atoms with E-state index in [9.17, 15) is 0 Å². The minimum atomic E-state index is 0.270. The molecule has 5 nitrogen and oxygen atoms in total. The van der Waals surface area contributed by atoms with E-state index < -0.39 is 0 Å². The monoisotopic (exact) mass is 371 g/mol. The Balaban J connectivity index is 1.50. The molecule has 0 radical (unpaired) electrons. The molecule has 0 aliphatic carbocycles. The second-order valence-electron chi connectivity index (χ2n) is 7.18. The van der Waals surface area contributed by atoms with Crippen molar-refractivity contribution in [1.82, 2.24) is 4.98 Å². The molecule has 2 aromatic carbocycles. The van der Waals surface area contributed by atoms with Crippen LogP contribution in [-0.2, 0) is 0 Å². The number of nitrogens with zero attached hydrogens (tertiary/aromatic N) is 2. The van der Waals surface area contributed by atoms with E-state index in [1.165, 1.54) is 5.69 Å². The Morgan fingerprint density at radius 2 is 1.79 bits per heavy atom. The third kappa shape index (κ3) is 3.85. The van der Waals surface area contributed by atoms with Crippen molar-refractivity contribution < 1.29 is 0 Å². The number of nitrogen functional groups attached to an aromatic ring is 1. The summed E-state index contributed by atoms with van der Waals surface area (Å²) in [6.45, 7) is 6.12. The summed E-state index contributed by atoms with van der Waals surface area (Å²) in [5.74, 6) is 0. The van der Waals surface area contributed by atoms with Crippen molar-refractivity contribution in [2.24, 2.45) is 5.73 Å². The predicted octanol–water partition coefficient (Wildman–Crippen LogP) is 3.95.